The summed E-state index contributed by atoms with van der Waals surface area (Å²) in [6, 6.07) is 11.7. The number of morpholine rings is 1. The number of amides is 4. The number of carbonyl (C=O) groups excluding carboxylic acids is 4. The van der Waals surface area contributed by atoms with Gasteiger partial charge in [0.2, 0.25) is 0 Å². The highest BCUT2D eigenvalue weighted by atomic mass is 16.6. The van der Waals surface area contributed by atoms with Gasteiger partial charge in [-0.2, -0.15) is 0 Å². The number of nitrogens with one attached hydrogen (secondary N) is 1. The lowest BCUT2D eigenvalue weighted by Gasteiger charge is -2.42. The standard InChI is InChI=1S/C45H61N7O9/c1-31-28-32(29-38-40(31)47(2)44(56)60-38)30-39(61-45(57)51-20-13-36(14-21-51)52-22-10-33-6-3-4-7-37(33)46-43(52)55)41(53)50-18-11-35(12-19-50)49-16-8-34(9-17-49)42(54)59-25-5-15-48-23-26-58-27-24-48/h3-4,6-7,28-29,34-36,39H,5,8-27,30H2,1-2H3,(H,46,55)/t39-/m1/s1. The molecule has 6 heterocycles. The zero-order valence-corrected chi connectivity index (χ0v) is 35.7. The van der Waals surface area contributed by atoms with Gasteiger partial charge in [-0.05, 0) is 100 Å². The van der Waals surface area contributed by atoms with E-state index in [1.807, 2.05) is 47.1 Å². The summed E-state index contributed by atoms with van der Waals surface area (Å²) in [6.07, 6.45) is 4.37. The Hall–Kier alpha value is -4.93. The maximum atomic E-state index is 14.4. The topological polar surface area (TPSA) is 159 Å². The van der Waals surface area contributed by atoms with E-state index < -0.39 is 18.0 Å². The summed E-state index contributed by atoms with van der Waals surface area (Å²) in [5, 5.41) is 3.05. The van der Waals surface area contributed by atoms with E-state index in [2.05, 4.69) is 15.1 Å². The van der Waals surface area contributed by atoms with Crippen LogP contribution in [0.15, 0.2) is 45.6 Å². The van der Waals surface area contributed by atoms with Gasteiger partial charge in [-0.25, -0.2) is 14.4 Å². The van der Waals surface area contributed by atoms with Crippen molar-refractivity contribution in [3.63, 3.8) is 0 Å². The van der Waals surface area contributed by atoms with Crippen molar-refractivity contribution < 1.29 is 37.8 Å². The maximum absolute atomic E-state index is 14.4. The molecular formula is C45H61N7O9. The van der Waals surface area contributed by atoms with E-state index >= 15 is 0 Å². The Morgan fingerprint density at radius 1 is 0.852 bits per heavy atom. The highest BCUT2D eigenvalue weighted by Gasteiger charge is 2.37. The Labute approximate surface area is 357 Å². The van der Waals surface area contributed by atoms with E-state index in [0.717, 1.165) is 107 Å². The quantitative estimate of drug-likeness (QED) is 0.220. The lowest BCUT2D eigenvalue weighted by molar-refractivity contribution is -0.151. The van der Waals surface area contributed by atoms with Crippen molar-refractivity contribution in [2.24, 2.45) is 13.0 Å². The lowest BCUT2D eigenvalue weighted by Crippen LogP contribution is -2.53. The van der Waals surface area contributed by atoms with E-state index in [4.69, 9.17) is 18.6 Å². The van der Waals surface area contributed by atoms with E-state index in [0.29, 0.717) is 69.3 Å². The number of benzene rings is 2. The molecule has 8 rings (SSSR count). The molecule has 4 fully saturated rings. The van der Waals surface area contributed by atoms with Gasteiger partial charge in [-0.15, -0.1) is 0 Å². The first kappa shape index (κ1) is 42.7. The van der Waals surface area contributed by atoms with Crippen LogP contribution in [0.2, 0.25) is 0 Å². The molecule has 0 spiro atoms. The third-order valence-corrected chi connectivity index (χ3v) is 13.5. The minimum atomic E-state index is -1.08. The summed E-state index contributed by atoms with van der Waals surface area (Å²) >= 11 is 0. The molecule has 0 unspecified atom stereocenters. The molecule has 1 atom stereocenters. The Kier molecular flexibility index (Phi) is 13.6. The van der Waals surface area contributed by atoms with Crippen LogP contribution in [0.25, 0.3) is 11.1 Å². The van der Waals surface area contributed by atoms with Gasteiger partial charge in [0.05, 0.1) is 31.3 Å². The highest BCUT2D eigenvalue weighted by Crippen LogP contribution is 2.28. The van der Waals surface area contributed by atoms with Gasteiger partial charge in [-0.1, -0.05) is 24.3 Å². The fourth-order valence-corrected chi connectivity index (χ4v) is 9.95. The molecule has 2 aromatic carbocycles. The number of anilines is 1. The Balaban J connectivity index is 0.851. The summed E-state index contributed by atoms with van der Waals surface area (Å²) < 4.78 is 24.2. The summed E-state index contributed by atoms with van der Waals surface area (Å²) in [6.45, 7) is 10.7. The molecular weight excluding hydrogens is 783 g/mol. The number of hydrogen-bond acceptors (Lipinski definition) is 11. The van der Waals surface area contributed by atoms with Gasteiger partial charge < -0.3 is 43.5 Å². The van der Waals surface area contributed by atoms with E-state index in [-0.39, 0.29) is 36.3 Å². The largest absolute Gasteiger partial charge is 0.465 e. The van der Waals surface area contributed by atoms with Crippen LogP contribution >= 0.6 is 0 Å². The van der Waals surface area contributed by atoms with Gasteiger partial charge in [0, 0.05) is 83.6 Å². The van der Waals surface area contributed by atoms with Crippen molar-refractivity contribution in [3.8, 4) is 0 Å². The van der Waals surface area contributed by atoms with Gasteiger partial charge >= 0.3 is 23.8 Å². The van der Waals surface area contributed by atoms with Crippen LogP contribution in [0.5, 0.6) is 0 Å². The van der Waals surface area contributed by atoms with Crippen LogP contribution in [0, 0.1) is 12.8 Å². The Morgan fingerprint density at radius 3 is 2.31 bits per heavy atom. The number of hydrogen-bond donors (Lipinski definition) is 1. The van der Waals surface area contributed by atoms with Crippen LogP contribution in [0.4, 0.5) is 15.3 Å². The summed E-state index contributed by atoms with van der Waals surface area (Å²) in [4.78, 5) is 76.8. The normalized spacial score (nSPS) is 20.9. The fraction of sp³-hybridized carbons (Fsp3) is 0.622. The first-order valence-electron chi connectivity index (χ1n) is 22.3. The molecule has 61 heavy (non-hydrogen) atoms. The molecule has 3 aromatic rings. The SMILES string of the molecule is Cc1cc(C[C@@H](OC(=O)N2CCC(N3CCc4ccccc4NC3=O)CC2)C(=O)N2CCC(N3CCC(C(=O)OCCCN4CCOCC4)CC3)CC2)cc2oc(=O)n(C)c12. The number of urea groups is 1. The van der Waals surface area contributed by atoms with Crippen molar-refractivity contribution in [2.75, 3.05) is 90.6 Å². The minimum Gasteiger partial charge on any atom is -0.465 e. The second-order valence-corrected chi connectivity index (χ2v) is 17.4. The first-order valence-corrected chi connectivity index (χ1v) is 22.3. The molecule has 4 amide bonds. The summed E-state index contributed by atoms with van der Waals surface area (Å²) in [5.41, 5.74) is 4.59. The minimum absolute atomic E-state index is 0.0253. The Bertz CT molecular complexity index is 2090. The van der Waals surface area contributed by atoms with Gasteiger partial charge in [0.1, 0.15) is 0 Å². The van der Waals surface area contributed by atoms with Gasteiger partial charge in [0.25, 0.3) is 5.91 Å². The van der Waals surface area contributed by atoms with Crippen molar-refractivity contribution >= 4 is 40.8 Å². The number of nitrogens with zero attached hydrogens (tertiary/aromatic N) is 6. The van der Waals surface area contributed by atoms with Crippen molar-refractivity contribution in [2.45, 2.75) is 82.9 Å². The van der Waals surface area contributed by atoms with Crippen LogP contribution in [0.1, 0.15) is 61.6 Å². The van der Waals surface area contributed by atoms with E-state index in [9.17, 15) is 24.0 Å². The molecule has 330 valence electrons. The van der Waals surface area contributed by atoms with Crippen LogP contribution in [0.3, 0.4) is 0 Å². The molecule has 0 aliphatic carbocycles. The zero-order valence-electron chi connectivity index (χ0n) is 35.7. The van der Waals surface area contributed by atoms with E-state index in [1.165, 1.54) is 4.57 Å². The summed E-state index contributed by atoms with van der Waals surface area (Å²) in [7, 11) is 1.66. The number of ether oxygens (including phenoxy) is 3. The number of aryl methyl sites for hydroxylation is 2. The van der Waals surface area contributed by atoms with Crippen molar-refractivity contribution in [1.29, 1.82) is 0 Å². The monoisotopic (exact) mass is 843 g/mol. The number of oxazole rings is 1. The lowest BCUT2D eigenvalue weighted by atomic mass is 9.93. The number of likely N-dealkylation sites (tertiary alicyclic amines) is 3. The number of rotatable bonds is 11. The number of esters is 1. The third-order valence-electron chi connectivity index (χ3n) is 13.5. The van der Waals surface area contributed by atoms with Crippen LogP contribution in [-0.2, 0) is 43.7 Å². The number of piperidine rings is 3. The summed E-state index contributed by atoms with van der Waals surface area (Å²) in [5.74, 6) is -0.889. The molecule has 1 aromatic heterocycles. The third kappa shape index (κ3) is 10.1. The molecule has 16 heteroatoms. The second kappa shape index (κ2) is 19.4. The number of carbonyl (C=O) groups is 4. The zero-order chi connectivity index (χ0) is 42.5. The molecule has 0 radical (unpaired) electrons. The molecule has 0 bridgehead atoms. The average Bonchev–Trinajstić information content (AvgIpc) is 3.46. The molecule has 16 nitrogen and oxygen atoms in total. The van der Waals surface area contributed by atoms with E-state index in [1.54, 1.807) is 18.0 Å². The predicted octanol–water partition coefficient (Wildman–Crippen LogP) is 4.01. The number of aromatic nitrogens is 1. The number of para-hydroxylation sites is 1. The maximum Gasteiger partial charge on any atom is 0.419 e. The molecule has 4 saturated heterocycles. The van der Waals surface area contributed by atoms with Crippen molar-refractivity contribution in [3.05, 3.63) is 63.6 Å². The predicted molar refractivity (Wildman–Crippen MR) is 227 cm³/mol. The Morgan fingerprint density at radius 2 is 1.56 bits per heavy atom. The van der Waals surface area contributed by atoms with Crippen LogP contribution in [-0.4, -0.2) is 157 Å². The first-order chi connectivity index (χ1) is 29.6. The molecule has 5 aliphatic heterocycles. The second-order valence-electron chi connectivity index (χ2n) is 17.4. The fourth-order valence-electron chi connectivity index (χ4n) is 9.95. The van der Waals surface area contributed by atoms with Gasteiger partial charge in [-0.3, -0.25) is 19.1 Å². The highest BCUT2D eigenvalue weighted by molar-refractivity contribution is 5.91. The molecule has 0 saturated carbocycles. The molecule has 1 N–H and O–H groups in total. The average molecular weight is 844 g/mol. The van der Waals surface area contributed by atoms with Crippen molar-refractivity contribution in [1.82, 2.24) is 29.1 Å². The van der Waals surface area contributed by atoms with Crippen LogP contribution < -0.4 is 11.1 Å². The van der Waals surface area contributed by atoms with Gasteiger partial charge in [0.15, 0.2) is 11.7 Å². The molecule has 5 aliphatic rings. The smallest absolute Gasteiger partial charge is 0.419 e. The number of fused-ring (bicyclic) bond motifs is 2.